The quantitative estimate of drug-likeness (QED) is 0.564. The van der Waals surface area contributed by atoms with Crippen LogP contribution in [0.5, 0.6) is 0 Å². The van der Waals surface area contributed by atoms with E-state index in [2.05, 4.69) is 15.3 Å². The maximum Gasteiger partial charge on any atom is 0.259 e. The highest BCUT2D eigenvalue weighted by Gasteiger charge is 2.41. The van der Waals surface area contributed by atoms with E-state index in [0.29, 0.717) is 5.84 Å². The Bertz CT molecular complexity index is 460. The molecule has 0 aliphatic carbocycles. The van der Waals surface area contributed by atoms with Crippen molar-refractivity contribution in [2.75, 3.05) is 6.61 Å². The summed E-state index contributed by atoms with van der Waals surface area (Å²) in [7, 11) is 0. The Morgan fingerprint density at radius 1 is 1.61 bits per heavy atom. The van der Waals surface area contributed by atoms with Crippen LogP contribution >= 0.6 is 0 Å². The average Bonchev–Trinajstić information content (AvgIpc) is 2.93. The third-order valence-electron chi connectivity index (χ3n) is 3.16. The topological polar surface area (TPSA) is 110 Å². The summed E-state index contributed by atoms with van der Waals surface area (Å²) in [6.45, 7) is -0.0201. The molecular weight excluding hydrogens is 238 g/mol. The third kappa shape index (κ3) is 1.70. The maximum atomic E-state index is 11.6. The second kappa shape index (κ2) is 4.14. The van der Waals surface area contributed by atoms with Crippen LogP contribution in [0.15, 0.2) is 9.98 Å². The average molecular weight is 251 g/mol. The Kier molecular flexibility index (Phi) is 2.60. The number of aliphatic hydroxyl groups excluding tert-OH is 1. The number of aliphatic hydroxyl groups is 1. The standard InChI is InChI=1S/C10H13N5O3/c11-10-13-8-7(9(17)14-10)12-4-15(8)6-2-1-5(3-16)18-6/h4-7,16H,1-3H2,(H2,11,14,17)/t5-,6+,7?/m0/s1. The van der Waals surface area contributed by atoms with Crippen LogP contribution in [0, 0.1) is 5.41 Å². The molecule has 3 heterocycles. The number of aliphatic imine (C=N–C) groups is 2. The molecule has 1 amide bonds. The van der Waals surface area contributed by atoms with Crippen molar-refractivity contribution in [1.29, 1.82) is 5.41 Å². The van der Waals surface area contributed by atoms with E-state index in [1.807, 2.05) is 0 Å². The molecular formula is C10H13N5O3. The number of carbonyl (C=O) groups excluding carboxylic acids is 1. The number of rotatable bonds is 2. The lowest BCUT2D eigenvalue weighted by atomic mass is 10.2. The lowest BCUT2D eigenvalue weighted by Gasteiger charge is -2.26. The van der Waals surface area contributed by atoms with Crippen molar-refractivity contribution < 1.29 is 14.6 Å². The number of ether oxygens (including phenoxy) is 1. The third-order valence-corrected chi connectivity index (χ3v) is 3.16. The molecule has 0 radical (unpaired) electrons. The molecule has 3 N–H and O–H groups in total. The number of nitrogens with one attached hydrogen (secondary N) is 2. The number of amidine groups is 1. The minimum absolute atomic E-state index is 0.0201. The lowest BCUT2D eigenvalue weighted by molar-refractivity contribution is -0.119. The maximum absolute atomic E-state index is 11.6. The Morgan fingerprint density at radius 2 is 2.44 bits per heavy atom. The Balaban J connectivity index is 1.81. The van der Waals surface area contributed by atoms with E-state index in [1.54, 1.807) is 4.90 Å². The molecule has 1 unspecified atom stereocenters. The summed E-state index contributed by atoms with van der Waals surface area (Å²) in [6, 6.07) is -0.684. The molecule has 8 nitrogen and oxygen atoms in total. The SMILES string of the molecule is N=C1N=C2C(N=CN2[C@H]2CC[C@@H](CO)O2)C(=O)N1. The first-order chi connectivity index (χ1) is 8.69. The Labute approximate surface area is 103 Å². The van der Waals surface area contributed by atoms with E-state index in [4.69, 9.17) is 15.3 Å². The second-order valence-corrected chi connectivity index (χ2v) is 4.35. The molecule has 18 heavy (non-hydrogen) atoms. The molecule has 0 bridgehead atoms. The summed E-state index contributed by atoms with van der Waals surface area (Å²) in [5, 5.41) is 18.8. The molecule has 1 saturated heterocycles. The van der Waals surface area contributed by atoms with Gasteiger partial charge in [-0.25, -0.2) is 0 Å². The van der Waals surface area contributed by atoms with Gasteiger partial charge >= 0.3 is 0 Å². The summed E-state index contributed by atoms with van der Waals surface area (Å²) >= 11 is 0. The number of nitrogens with zero attached hydrogens (tertiary/aromatic N) is 3. The van der Waals surface area contributed by atoms with E-state index < -0.39 is 6.04 Å². The molecule has 0 aromatic heterocycles. The monoisotopic (exact) mass is 251 g/mol. The highest BCUT2D eigenvalue weighted by atomic mass is 16.5. The number of hydrogen-bond acceptors (Lipinski definition) is 6. The fourth-order valence-electron chi connectivity index (χ4n) is 2.28. The zero-order valence-corrected chi connectivity index (χ0v) is 9.54. The van der Waals surface area contributed by atoms with E-state index in [9.17, 15) is 4.79 Å². The van der Waals surface area contributed by atoms with Crippen molar-refractivity contribution in [2.24, 2.45) is 9.98 Å². The first-order valence-corrected chi connectivity index (χ1v) is 5.75. The molecule has 0 aromatic rings. The minimum atomic E-state index is -0.684. The zero-order chi connectivity index (χ0) is 12.7. The molecule has 0 aromatic carbocycles. The first-order valence-electron chi connectivity index (χ1n) is 5.75. The number of guanidine groups is 1. The summed E-state index contributed by atoms with van der Waals surface area (Å²) in [6.07, 6.45) is 2.56. The summed E-state index contributed by atoms with van der Waals surface area (Å²) in [5.41, 5.74) is 0. The van der Waals surface area contributed by atoms with Gasteiger partial charge in [0.05, 0.1) is 19.0 Å². The molecule has 1 fully saturated rings. The van der Waals surface area contributed by atoms with Gasteiger partial charge in [-0.2, -0.15) is 4.99 Å². The van der Waals surface area contributed by atoms with Gasteiger partial charge in [0.1, 0.15) is 6.23 Å². The fourth-order valence-corrected chi connectivity index (χ4v) is 2.28. The van der Waals surface area contributed by atoms with Crippen LogP contribution in [-0.4, -0.2) is 59.0 Å². The van der Waals surface area contributed by atoms with Crippen molar-refractivity contribution in [1.82, 2.24) is 10.2 Å². The predicted molar refractivity (Wildman–Crippen MR) is 62.4 cm³/mol. The zero-order valence-electron chi connectivity index (χ0n) is 9.54. The highest BCUT2D eigenvalue weighted by Crippen LogP contribution is 2.25. The Morgan fingerprint density at radius 3 is 3.17 bits per heavy atom. The summed E-state index contributed by atoms with van der Waals surface area (Å²) in [4.78, 5) is 21.4. The molecule has 3 aliphatic rings. The normalized spacial score (nSPS) is 34.6. The first kappa shape index (κ1) is 11.3. The minimum Gasteiger partial charge on any atom is -0.394 e. The van der Waals surface area contributed by atoms with Crippen LogP contribution in [0.3, 0.4) is 0 Å². The van der Waals surface area contributed by atoms with E-state index in [1.165, 1.54) is 6.34 Å². The van der Waals surface area contributed by atoms with Gasteiger partial charge in [0.15, 0.2) is 11.9 Å². The van der Waals surface area contributed by atoms with Crippen molar-refractivity contribution in [3.63, 3.8) is 0 Å². The van der Waals surface area contributed by atoms with E-state index in [-0.39, 0.29) is 30.8 Å². The van der Waals surface area contributed by atoms with Gasteiger partial charge in [0.2, 0.25) is 5.96 Å². The van der Waals surface area contributed by atoms with Gasteiger partial charge < -0.3 is 9.84 Å². The van der Waals surface area contributed by atoms with E-state index in [0.717, 1.165) is 12.8 Å². The van der Waals surface area contributed by atoms with Crippen molar-refractivity contribution in [2.45, 2.75) is 31.2 Å². The second-order valence-electron chi connectivity index (χ2n) is 4.35. The van der Waals surface area contributed by atoms with Crippen LogP contribution in [0.4, 0.5) is 0 Å². The highest BCUT2D eigenvalue weighted by molar-refractivity contribution is 6.23. The van der Waals surface area contributed by atoms with Crippen molar-refractivity contribution >= 4 is 24.0 Å². The van der Waals surface area contributed by atoms with Crippen LogP contribution in [0.1, 0.15) is 12.8 Å². The molecule has 3 rings (SSSR count). The van der Waals surface area contributed by atoms with Gasteiger partial charge in [-0.3, -0.25) is 25.4 Å². The predicted octanol–water partition coefficient (Wildman–Crippen LogP) is -1.34. The summed E-state index contributed by atoms with van der Waals surface area (Å²) in [5.74, 6) is -0.105. The van der Waals surface area contributed by atoms with Crippen molar-refractivity contribution in [3.8, 4) is 0 Å². The van der Waals surface area contributed by atoms with Gasteiger partial charge in [-0.05, 0) is 12.8 Å². The molecule has 0 spiro atoms. The smallest absolute Gasteiger partial charge is 0.259 e. The van der Waals surface area contributed by atoms with Gasteiger partial charge in [0, 0.05) is 0 Å². The number of amides is 1. The van der Waals surface area contributed by atoms with Gasteiger partial charge in [-0.15, -0.1) is 0 Å². The molecule has 3 aliphatic heterocycles. The molecule has 0 saturated carbocycles. The Hall–Kier alpha value is -1.80. The largest absolute Gasteiger partial charge is 0.394 e. The van der Waals surface area contributed by atoms with E-state index >= 15 is 0 Å². The summed E-state index contributed by atoms with van der Waals surface area (Å²) < 4.78 is 5.62. The lowest BCUT2D eigenvalue weighted by Crippen LogP contribution is -2.50. The van der Waals surface area contributed by atoms with Crippen LogP contribution in [0.2, 0.25) is 0 Å². The molecule has 8 heteroatoms. The molecule has 96 valence electrons. The van der Waals surface area contributed by atoms with Crippen LogP contribution in [-0.2, 0) is 9.53 Å². The van der Waals surface area contributed by atoms with Crippen LogP contribution in [0.25, 0.3) is 0 Å². The number of hydrogen-bond donors (Lipinski definition) is 3. The number of carbonyl (C=O) groups is 1. The number of fused-ring (bicyclic) bond motifs is 1. The van der Waals surface area contributed by atoms with Crippen LogP contribution < -0.4 is 5.32 Å². The van der Waals surface area contributed by atoms with Gasteiger partial charge in [-0.1, -0.05) is 0 Å². The van der Waals surface area contributed by atoms with Gasteiger partial charge in [0.25, 0.3) is 5.91 Å². The van der Waals surface area contributed by atoms with Crippen molar-refractivity contribution in [3.05, 3.63) is 0 Å². The molecule has 3 atom stereocenters. The fraction of sp³-hybridized carbons (Fsp3) is 0.600.